The van der Waals surface area contributed by atoms with Gasteiger partial charge >= 0.3 is 0 Å². The zero-order valence-electron chi connectivity index (χ0n) is 13.5. The Hall–Kier alpha value is -2.67. The maximum Gasteiger partial charge on any atom is 0.226 e. The number of para-hydroxylation sites is 1. The van der Waals surface area contributed by atoms with Crippen molar-refractivity contribution in [1.29, 1.82) is 0 Å². The molecule has 3 aromatic rings. The van der Waals surface area contributed by atoms with Gasteiger partial charge in [0.1, 0.15) is 5.82 Å². The van der Waals surface area contributed by atoms with Crippen molar-refractivity contribution in [1.82, 2.24) is 19.7 Å². The molecule has 0 unspecified atom stereocenters. The summed E-state index contributed by atoms with van der Waals surface area (Å²) in [6.45, 7) is 3.29. The molecule has 0 aliphatic heterocycles. The van der Waals surface area contributed by atoms with Crippen molar-refractivity contribution >= 4 is 28.5 Å². The highest BCUT2D eigenvalue weighted by molar-refractivity contribution is 5.89. The first kappa shape index (κ1) is 15.2. The molecule has 0 saturated heterocycles. The molecule has 0 atom stereocenters. The van der Waals surface area contributed by atoms with E-state index in [2.05, 4.69) is 38.7 Å². The molecule has 0 saturated carbocycles. The zero-order valence-corrected chi connectivity index (χ0v) is 13.5. The minimum atomic E-state index is 0.550. The van der Waals surface area contributed by atoms with Crippen LogP contribution in [0.2, 0.25) is 0 Å². The molecule has 0 radical (unpaired) electrons. The maximum absolute atomic E-state index is 5.05. The Morgan fingerprint density at radius 3 is 2.83 bits per heavy atom. The molecule has 7 heteroatoms. The van der Waals surface area contributed by atoms with Crippen LogP contribution in [-0.2, 0) is 11.8 Å². The van der Waals surface area contributed by atoms with E-state index in [9.17, 15) is 0 Å². The number of aromatic nitrogens is 4. The van der Waals surface area contributed by atoms with Gasteiger partial charge in [-0.3, -0.25) is 4.68 Å². The molecule has 0 spiro atoms. The van der Waals surface area contributed by atoms with Gasteiger partial charge in [0, 0.05) is 26.4 Å². The van der Waals surface area contributed by atoms with Crippen LogP contribution in [-0.4, -0.2) is 40.0 Å². The molecule has 0 aliphatic rings. The summed E-state index contributed by atoms with van der Waals surface area (Å²) in [7, 11) is 3.53. The first-order valence-electron chi connectivity index (χ1n) is 7.44. The smallest absolute Gasteiger partial charge is 0.226 e. The molecule has 0 aliphatic carbocycles. The fourth-order valence-corrected chi connectivity index (χ4v) is 2.30. The lowest BCUT2D eigenvalue weighted by Crippen LogP contribution is -2.11. The van der Waals surface area contributed by atoms with E-state index in [1.54, 1.807) is 18.0 Å². The summed E-state index contributed by atoms with van der Waals surface area (Å²) in [6.07, 6.45) is 1.77. The van der Waals surface area contributed by atoms with Crippen LogP contribution in [0, 0.1) is 6.92 Å². The molecular weight excluding hydrogens is 292 g/mol. The van der Waals surface area contributed by atoms with Crippen molar-refractivity contribution < 1.29 is 4.74 Å². The van der Waals surface area contributed by atoms with Crippen LogP contribution in [0.4, 0.5) is 17.5 Å². The molecular formula is C16H20N6O. The standard InChI is InChI=1S/C16H20N6O/c1-11-6-4-5-7-13(11)19-14-12-10-18-22(2)15(12)21-16(20-14)17-8-9-23-3/h4-7,10H,8-9H2,1-3H3,(H2,17,19,20,21). The monoisotopic (exact) mass is 312 g/mol. The molecule has 0 fully saturated rings. The first-order valence-corrected chi connectivity index (χ1v) is 7.44. The molecule has 2 N–H and O–H groups in total. The Bertz CT molecular complexity index is 813. The van der Waals surface area contributed by atoms with E-state index >= 15 is 0 Å². The lowest BCUT2D eigenvalue weighted by molar-refractivity contribution is 0.210. The van der Waals surface area contributed by atoms with E-state index in [1.807, 2.05) is 25.2 Å². The number of anilines is 3. The average Bonchev–Trinajstić information content (AvgIpc) is 2.92. The number of nitrogens with zero attached hydrogens (tertiary/aromatic N) is 4. The molecule has 0 bridgehead atoms. The van der Waals surface area contributed by atoms with E-state index in [0.717, 1.165) is 28.1 Å². The number of nitrogens with one attached hydrogen (secondary N) is 2. The maximum atomic E-state index is 5.05. The predicted octanol–water partition coefficient (Wildman–Crippen LogP) is 2.47. The van der Waals surface area contributed by atoms with E-state index in [4.69, 9.17) is 4.74 Å². The second kappa shape index (κ2) is 6.62. The quantitative estimate of drug-likeness (QED) is 0.681. The first-order chi connectivity index (χ1) is 11.2. The number of rotatable bonds is 6. The predicted molar refractivity (Wildman–Crippen MR) is 91.1 cm³/mol. The largest absolute Gasteiger partial charge is 0.383 e. The molecule has 0 amide bonds. The molecule has 23 heavy (non-hydrogen) atoms. The van der Waals surface area contributed by atoms with Gasteiger partial charge in [0.25, 0.3) is 0 Å². The van der Waals surface area contributed by atoms with Gasteiger partial charge in [0.15, 0.2) is 5.65 Å². The Kier molecular flexibility index (Phi) is 4.38. The second-order valence-electron chi connectivity index (χ2n) is 5.26. The van der Waals surface area contributed by atoms with Gasteiger partial charge in [0.05, 0.1) is 18.2 Å². The summed E-state index contributed by atoms with van der Waals surface area (Å²) in [5, 5.41) is 11.7. The summed E-state index contributed by atoms with van der Waals surface area (Å²) in [5.74, 6) is 1.28. The highest BCUT2D eigenvalue weighted by atomic mass is 16.5. The summed E-state index contributed by atoms with van der Waals surface area (Å²) >= 11 is 0. The number of aryl methyl sites for hydroxylation is 2. The number of methoxy groups -OCH3 is 1. The normalized spacial score (nSPS) is 10.9. The molecule has 2 aromatic heterocycles. The minimum Gasteiger partial charge on any atom is -0.383 e. The van der Waals surface area contributed by atoms with Crippen LogP contribution >= 0.6 is 0 Å². The van der Waals surface area contributed by atoms with Gasteiger partial charge in [-0.2, -0.15) is 15.1 Å². The third kappa shape index (κ3) is 3.24. The summed E-state index contributed by atoms with van der Waals surface area (Å²) in [5.41, 5.74) is 2.94. The summed E-state index contributed by atoms with van der Waals surface area (Å²) in [6, 6.07) is 8.09. The van der Waals surface area contributed by atoms with Gasteiger partial charge in [-0.25, -0.2) is 0 Å². The van der Waals surface area contributed by atoms with Crippen LogP contribution < -0.4 is 10.6 Å². The minimum absolute atomic E-state index is 0.550. The lowest BCUT2D eigenvalue weighted by atomic mass is 10.2. The van der Waals surface area contributed by atoms with Crippen LogP contribution in [0.3, 0.4) is 0 Å². The Balaban J connectivity index is 1.98. The van der Waals surface area contributed by atoms with Crippen molar-refractivity contribution in [3.8, 4) is 0 Å². The highest BCUT2D eigenvalue weighted by Crippen LogP contribution is 2.26. The van der Waals surface area contributed by atoms with Crippen molar-refractivity contribution in [2.24, 2.45) is 7.05 Å². The van der Waals surface area contributed by atoms with Crippen molar-refractivity contribution in [3.05, 3.63) is 36.0 Å². The van der Waals surface area contributed by atoms with Crippen molar-refractivity contribution in [2.45, 2.75) is 6.92 Å². The zero-order chi connectivity index (χ0) is 16.2. The Morgan fingerprint density at radius 1 is 1.22 bits per heavy atom. The third-order valence-corrected chi connectivity index (χ3v) is 3.58. The second-order valence-corrected chi connectivity index (χ2v) is 5.26. The van der Waals surface area contributed by atoms with Gasteiger partial charge in [0.2, 0.25) is 5.95 Å². The average molecular weight is 312 g/mol. The number of fused-ring (bicyclic) bond motifs is 1. The number of ether oxygens (including phenoxy) is 1. The van der Waals surface area contributed by atoms with Crippen LogP contribution in [0.25, 0.3) is 11.0 Å². The van der Waals surface area contributed by atoms with Gasteiger partial charge in [-0.05, 0) is 18.6 Å². The fraction of sp³-hybridized carbons (Fsp3) is 0.312. The van der Waals surface area contributed by atoms with Crippen molar-refractivity contribution in [3.63, 3.8) is 0 Å². The molecule has 2 heterocycles. The van der Waals surface area contributed by atoms with Crippen LogP contribution in [0.1, 0.15) is 5.56 Å². The topological polar surface area (TPSA) is 76.9 Å². The number of hydrogen-bond donors (Lipinski definition) is 2. The molecule has 1 aromatic carbocycles. The van der Waals surface area contributed by atoms with Gasteiger partial charge < -0.3 is 15.4 Å². The molecule has 7 nitrogen and oxygen atoms in total. The fourth-order valence-electron chi connectivity index (χ4n) is 2.30. The Labute approximate surface area is 134 Å². The number of benzene rings is 1. The lowest BCUT2D eigenvalue weighted by Gasteiger charge is -2.11. The molecule has 120 valence electrons. The van der Waals surface area contributed by atoms with E-state index in [1.165, 1.54) is 0 Å². The SMILES string of the molecule is COCCNc1nc(Nc2ccccc2C)c2cnn(C)c2n1. The van der Waals surface area contributed by atoms with Crippen LogP contribution in [0.5, 0.6) is 0 Å². The van der Waals surface area contributed by atoms with E-state index in [-0.39, 0.29) is 0 Å². The van der Waals surface area contributed by atoms with E-state index in [0.29, 0.717) is 19.1 Å². The van der Waals surface area contributed by atoms with Crippen molar-refractivity contribution in [2.75, 3.05) is 30.9 Å². The summed E-state index contributed by atoms with van der Waals surface area (Å²) in [4.78, 5) is 9.09. The highest BCUT2D eigenvalue weighted by Gasteiger charge is 2.12. The Morgan fingerprint density at radius 2 is 2.04 bits per heavy atom. The molecule has 3 rings (SSSR count). The third-order valence-electron chi connectivity index (χ3n) is 3.58. The van der Waals surface area contributed by atoms with Crippen LogP contribution in [0.15, 0.2) is 30.5 Å². The number of hydrogen-bond acceptors (Lipinski definition) is 6. The van der Waals surface area contributed by atoms with Gasteiger partial charge in [-0.15, -0.1) is 0 Å². The van der Waals surface area contributed by atoms with Gasteiger partial charge in [-0.1, -0.05) is 18.2 Å². The van der Waals surface area contributed by atoms with E-state index < -0.39 is 0 Å². The summed E-state index contributed by atoms with van der Waals surface area (Å²) < 4.78 is 6.79.